The van der Waals surface area contributed by atoms with Crippen molar-refractivity contribution in [2.24, 2.45) is 0 Å². The number of halogens is 1. The summed E-state index contributed by atoms with van der Waals surface area (Å²) in [4.78, 5) is 35.3. The highest BCUT2D eigenvalue weighted by Gasteiger charge is 2.28. The molecule has 0 radical (unpaired) electrons. The number of carbonyl (C=O) groups excluding carboxylic acids is 3. The first-order valence-corrected chi connectivity index (χ1v) is 12.1. The molecule has 1 aliphatic heterocycles. The summed E-state index contributed by atoms with van der Waals surface area (Å²) in [5, 5.41) is 4.25. The molecule has 1 aliphatic rings. The van der Waals surface area contributed by atoms with Crippen molar-refractivity contribution < 1.29 is 33.3 Å². The molecule has 10 heteroatoms. The van der Waals surface area contributed by atoms with Gasteiger partial charge in [-0.25, -0.2) is 4.79 Å². The molecule has 3 aromatic rings. The number of imide groups is 2. The van der Waals surface area contributed by atoms with Gasteiger partial charge in [0.2, 0.25) is 0 Å². The molecule has 0 aliphatic carbocycles. The van der Waals surface area contributed by atoms with Gasteiger partial charge in [-0.3, -0.25) is 20.2 Å². The van der Waals surface area contributed by atoms with E-state index in [1.165, 1.54) is 19.3 Å². The Morgan fingerprint density at radius 3 is 2.18 bits per heavy atom. The lowest BCUT2D eigenvalue weighted by Crippen LogP contribution is -2.51. The molecule has 0 unspecified atom stereocenters. The first-order chi connectivity index (χ1) is 18.4. The van der Waals surface area contributed by atoms with Crippen LogP contribution in [0.1, 0.15) is 23.6 Å². The Hall–Kier alpha value is -4.50. The number of carbonyl (C=O) groups is 3. The van der Waals surface area contributed by atoms with Crippen LogP contribution in [0, 0.1) is 0 Å². The highest BCUT2D eigenvalue weighted by atomic mass is 35.5. The normalized spacial score (nSPS) is 12.9. The van der Waals surface area contributed by atoms with Gasteiger partial charge in [-0.2, -0.15) is 0 Å². The number of ether oxygens (including phenoxy) is 4. The van der Waals surface area contributed by atoms with E-state index in [1.54, 1.807) is 6.07 Å². The van der Waals surface area contributed by atoms with E-state index < -0.39 is 17.8 Å². The molecule has 1 heterocycles. The molecule has 0 saturated carbocycles. The first-order valence-electron chi connectivity index (χ1n) is 11.7. The van der Waals surface area contributed by atoms with Gasteiger partial charge in [-0.1, -0.05) is 48.0 Å². The van der Waals surface area contributed by atoms with Gasteiger partial charge in [0.15, 0.2) is 23.0 Å². The minimum Gasteiger partial charge on any atom is -0.493 e. The van der Waals surface area contributed by atoms with Crippen LogP contribution in [0.5, 0.6) is 23.0 Å². The van der Waals surface area contributed by atoms with Crippen molar-refractivity contribution in [2.75, 3.05) is 13.7 Å². The van der Waals surface area contributed by atoms with Crippen molar-refractivity contribution in [3.05, 3.63) is 87.9 Å². The Balaban J connectivity index is 1.50. The summed E-state index contributed by atoms with van der Waals surface area (Å²) in [5.41, 5.74) is 2.02. The highest BCUT2D eigenvalue weighted by Crippen LogP contribution is 2.38. The maximum absolute atomic E-state index is 12.0. The molecule has 4 rings (SSSR count). The lowest BCUT2D eigenvalue weighted by molar-refractivity contribution is -0.123. The van der Waals surface area contributed by atoms with Crippen molar-refractivity contribution in [1.82, 2.24) is 10.6 Å². The van der Waals surface area contributed by atoms with Gasteiger partial charge in [0.05, 0.1) is 18.7 Å². The highest BCUT2D eigenvalue weighted by molar-refractivity contribution is 6.33. The predicted octanol–water partition coefficient (Wildman–Crippen LogP) is 4.65. The number of hydrogen-bond donors (Lipinski definition) is 2. The molecule has 0 aromatic heterocycles. The van der Waals surface area contributed by atoms with Crippen molar-refractivity contribution >= 4 is 35.5 Å². The second-order valence-electron chi connectivity index (χ2n) is 8.11. The quantitative estimate of drug-likeness (QED) is 0.286. The smallest absolute Gasteiger partial charge is 0.328 e. The van der Waals surface area contributed by atoms with Gasteiger partial charge < -0.3 is 18.9 Å². The molecule has 1 fully saturated rings. The monoisotopic (exact) mass is 536 g/mol. The Bertz CT molecular complexity index is 1370. The van der Waals surface area contributed by atoms with E-state index in [2.05, 4.69) is 0 Å². The summed E-state index contributed by atoms with van der Waals surface area (Å²) in [7, 11) is 1.44. The Labute approximate surface area is 224 Å². The third-order valence-electron chi connectivity index (χ3n) is 5.43. The van der Waals surface area contributed by atoms with Gasteiger partial charge in [0, 0.05) is 0 Å². The largest absolute Gasteiger partial charge is 0.493 e. The van der Waals surface area contributed by atoms with E-state index in [9.17, 15) is 14.4 Å². The van der Waals surface area contributed by atoms with Gasteiger partial charge in [-0.15, -0.1) is 0 Å². The molecular weight excluding hydrogens is 512 g/mol. The van der Waals surface area contributed by atoms with Gasteiger partial charge >= 0.3 is 6.03 Å². The molecular formula is C28H25ClN2O7. The predicted molar refractivity (Wildman–Crippen MR) is 140 cm³/mol. The van der Waals surface area contributed by atoms with Gasteiger partial charge in [0.1, 0.15) is 18.8 Å². The van der Waals surface area contributed by atoms with Crippen molar-refractivity contribution in [3.63, 3.8) is 0 Å². The van der Waals surface area contributed by atoms with Crippen LogP contribution in [0.25, 0.3) is 6.08 Å². The number of urea groups is 1. The minimum absolute atomic E-state index is 0.155. The number of hydrogen-bond acceptors (Lipinski definition) is 7. The number of barbiturate groups is 1. The average molecular weight is 537 g/mol. The fourth-order valence-electron chi connectivity index (χ4n) is 3.66. The summed E-state index contributed by atoms with van der Waals surface area (Å²) in [6.07, 6.45) is 1.30. The second-order valence-corrected chi connectivity index (χ2v) is 8.51. The molecule has 3 aromatic carbocycles. The van der Waals surface area contributed by atoms with Crippen molar-refractivity contribution in [1.29, 1.82) is 0 Å². The zero-order valence-corrected chi connectivity index (χ0v) is 21.5. The van der Waals surface area contributed by atoms with Crippen LogP contribution in [-0.4, -0.2) is 31.6 Å². The van der Waals surface area contributed by atoms with Crippen LogP contribution < -0.4 is 29.6 Å². The van der Waals surface area contributed by atoms with E-state index in [0.717, 1.165) is 11.1 Å². The molecule has 196 valence electrons. The molecule has 4 amide bonds. The molecule has 0 atom stereocenters. The number of rotatable bonds is 10. The van der Waals surface area contributed by atoms with E-state index >= 15 is 0 Å². The van der Waals surface area contributed by atoms with Crippen molar-refractivity contribution in [2.45, 2.75) is 20.1 Å². The summed E-state index contributed by atoms with van der Waals surface area (Å²) in [6, 6.07) is 17.6. The summed E-state index contributed by atoms with van der Waals surface area (Å²) in [6.45, 7) is 2.92. The van der Waals surface area contributed by atoms with E-state index in [1.807, 2.05) is 66.1 Å². The zero-order valence-electron chi connectivity index (χ0n) is 20.7. The van der Waals surface area contributed by atoms with Crippen LogP contribution in [0.3, 0.4) is 0 Å². The first kappa shape index (κ1) is 26.6. The third kappa shape index (κ3) is 6.43. The number of amides is 4. The SMILES string of the molecule is CCOc1cc(COc2c(Cl)cc(C=C3C(=O)NC(=O)NC3=O)cc2OC)ccc1OCc1ccccc1. The Kier molecular flexibility index (Phi) is 8.50. The molecule has 0 spiro atoms. The molecule has 38 heavy (non-hydrogen) atoms. The van der Waals surface area contributed by atoms with Gasteiger partial charge in [0.25, 0.3) is 11.8 Å². The molecule has 0 bridgehead atoms. The maximum Gasteiger partial charge on any atom is 0.328 e. The molecule has 9 nitrogen and oxygen atoms in total. The fraction of sp³-hybridized carbons (Fsp3) is 0.179. The standard InChI is InChI=1S/C28H25ClN2O7/c1-3-36-23-13-18(9-10-22(23)37-15-17-7-5-4-6-8-17)16-38-25-21(29)12-19(14-24(25)35-2)11-20-26(32)30-28(34)31-27(20)33/h4-14H,3,15-16H2,1-2H3,(H2,30,31,32,33,34). The van der Waals surface area contributed by atoms with Crippen LogP contribution in [0.4, 0.5) is 4.79 Å². The fourth-order valence-corrected chi connectivity index (χ4v) is 3.93. The topological polar surface area (TPSA) is 112 Å². The lowest BCUT2D eigenvalue weighted by Gasteiger charge is -2.16. The van der Waals surface area contributed by atoms with Crippen LogP contribution in [0.2, 0.25) is 5.02 Å². The summed E-state index contributed by atoms with van der Waals surface area (Å²) < 4.78 is 23.1. The van der Waals surface area contributed by atoms with E-state index in [0.29, 0.717) is 36.0 Å². The zero-order chi connectivity index (χ0) is 27.1. The Morgan fingerprint density at radius 2 is 1.50 bits per heavy atom. The van der Waals surface area contributed by atoms with Crippen molar-refractivity contribution in [3.8, 4) is 23.0 Å². The van der Waals surface area contributed by atoms with Gasteiger partial charge in [-0.05, 0) is 54.0 Å². The van der Waals surface area contributed by atoms with Crippen LogP contribution >= 0.6 is 11.6 Å². The van der Waals surface area contributed by atoms with Crippen LogP contribution in [-0.2, 0) is 22.8 Å². The maximum atomic E-state index is 12.0. The summed E-state index contributed by atoms with van der Waals surface area (Å²) in [5.74, 6) is 0.166. The molecule has 1 saturated heterocycles. The minimum atomic E-state index is -0.875. The summed E-state index contributed by atoms with van der Waals surface area (Å²) >= 11 is 6.46. The lowest BCUT2D eigenvalue weighted by atomic mass is 10.1. The second kappa shape index (κ2) is 12.2. The third-order valence-corrected chi connectivity index (χ3v) is 5.72. The Morgan fingerprint density at radius 1 is 0.789 bits per heavy atom. The van der Waals surface area contributed by atoms with Crippen LogP contribution in [0.15, 0.2) is 66.2 Å². The average Bonchev–Trinajstić information content (AvgIpc) is 2.90. The number of nitrogens with one attached hydrogen (secondary N) is 2. The number of benzene rings is 3. The van der Waals surface area contributed by atoms with E-state index in [4.69, 9.17) is 30.5 Å². The molecule has 2 N–H and O–H groups in total. The number of methoxy groups -OCH3 is 1. The van der Waals surface area contributed by atoms with E-state index in [-0.39, 0.29) is 23.0 Å².